The fourth-order valence-electron chi connectivity index (χ4n) is 3.14. The molecule has 4 nitrogen and oxygen atoms in total. The first-order valence-corrected chi connectivity index (χ1v) is 8.37. The number of halogens is 1. The van der Waals surface area contributed by atoms with E-state index < -0.39 is 5.82 Å². The van der Waals surface area contributed by atoms with Gasteiger partial charge in [0.2, 0.25) is 5.43 Å². The molecule has 0 spiro atoms. The maximum Gasteiger partial charge on any atom is 0.309 e. The third-order valence-corrected chi connectivity index (χ3v) is 4.48. The summed E-state index contributed by atoms with van der Waals surface area (Å²) in [6, 6.07) is 9.56. The van der Waals surface area contributed by atoms with Crippen molar-refractivity contribution in [3.05, 3.63) is 69.3 Å². The smallest absolute Gasteiger partial charge is 0.309 e. The summed E-state index contributed by atoms with van der Waals surface area (Å²) in [7, 11) is 1.33. The van der Waals surface area contributed by atoms with Crippen molar-refractivity contribution in [1.29, 1.82) is 0 Å². The number of benzene rings is 2. The van der Waals surface area contributed by atoms with E-state index in [9.17, 15) is 14.0 Å². The summed E-state index contributed by atoms with van der Waals surface area (Å²) in [5.41, 5.74) is 2.15. The highest BCUT2D eigenvalue weighted by atomic mass is 19.1. The lowest BCUT2D eigenvalue weighted by molar-refractivity contribution is -0.139. The molecule has 0 N–H and O–H groups in total. The molecule has 3 rings (SSSR count). The lowest BCUT2D eigenvalue weighted by Crippen LogP contribution is -2.11. The fraction of sp³-hybridized carbons (Fsp3) is 0.238. The number of rotatable bonds is 4. The van der Waals surface area contributed by atoms with Gasteiger partial charge in [-0.05, 0) is 42.7 Å². The quantitative estimate of drug-likeness (QED) is 0.660. The number of ether oxygens (including phenoxy) is 1. The lowest BCUT2D eigenvalue weighted by atomic mass is 9.97. The molecule has 0 aliphatic carbocycles. The summed E-state index contributed by atoms with van der Waals surface area (Å²) in [5.74, 6) is -0.498. The minimum Gasteiger partial charge on any atom is -0.469 e. The molecule has 0 bridgehead atoms. The highest BCUT2D eigenvalue weighted by molar-refractivity contribution is 5.85. The van der Waals surface area contributed by atoms with Gasteiger partial charge in [-0.1, -0.05) is 25.1 Å². The number of carbonyl (C=O) groups excluding carboxylic acids is 1. The molecule has 0 atom stereocenters. The van der Waals surface area contributed by atoms with Gasteiger partial charge < -0.3 is 9.15 Å². The Bertz CT molecular complexity index is 1050. The molecule has 0 radical (unpaired) electrons. The highest BCUT2D eigenvalue weighted by Crippen LogP contribution is 2.28. The topological polar surface area (TPSA) is 56.5 Å². The van der Waals surface area contributed by atoms with E-state index in [1.807, 2.05) is 6.92 Å². The Balaban J connectivity index is 2.27. The Hall–Kier alpha value is -2.95. The first-order valence-electron chi connectivity index (χ1n) is 8.37. The maximum atomic E-state index is 14.2. The molecule has 134 valence electrons. The summed E-state index contributed by atoms with van der Waals surface area (Å²) in [5, 5.41) is 0.374. The Morgan fingerprint density at radius 3 is 2.58 bits per heavy atom. The SMILES string of the molecule is CCc1cc2c(=O)c(-c3ccccc3F)c(C)oc2cc1CC(=O)OC. The molecule has 2 aromatic carbocycles. The number of hydrogen-bond acceptors (Lipinski definition) is 4. The number of hydrogen-bond donors (Lipinski definition) is 0. The number of carbonyl (C=O) groups is 1. The van der Waals surface area contributed by atoms with E-state index in [1.165, 1.54) is 13.2 Å². The van der Waals surface area contributed by atoms with Gasteiger partial charge in [0.25, 0.3) is 0 Å². The van der Waals surface area contributed by atoms with Crippen LogP contribution >= 0.6 is 0 Å². The van der Waals surface area contributed by atoms with Crippen LogP contribution in [0.2, 0.25) is 0 Å². The molecule has 0 fully saturated rings. The first-order chi connectivity index (χ1) is 12.5. The highest BCUT2D eigenvalue weighted by Gasteiger charge is 2.18. The molecule has 0 unspecified atom stereocenters. The van der Waals surface area contributed by atoms with Crippen molar-refractivity contribution < 1.29 is 18.3 Å². The average molecular weight is 354 g/mol. The summed E-state index contributed by atoms with van der Waals surface area (Å²) < 4.78 is 24.7. The Kier molecular flexibility index (Phi) is 4.89. The van der Waals surface area contributed by atoms with Crippen LogP contribution in [0.25, 0.3) is 22.1 Å². The van der Waals surface area contributed by atoms with Crippen molar-refractivity contribution in [2.45, 2.75) is 26.7 Å². The Morgan fingerprint density at radius 1 is 1.19 bits per heavy atom. The van der Waals surface area contributed by atoms with Gasteiger partial charge in [-0.2, -0.15) is 0 Å². The molecular weight excluding hydrogens is 335 g/mol. The Labute approximate surface area is 150 Å². The molecule has 1 heterocycles. The zero-order valence-electron chi connectivity index (χ0n) is 14.9. The standard InChI is InChI=1S/C21H19FO4/c1-4-13-9-16-18(10-14(13)11-19(23)25-3)26-12(2)20(21(16)24)15-7-5-6-8-17(15)22/h5-10H,4,11H2,1-3H3. The van der Waals surface area contributed by atoms with Crippen molar-refractivity contribution in [3.63, 3.8) is 0 Å². The zero-order valence-corrected chi connectivity index (χ0v) is 14.9. The second kappa shape index (κ2) is 7.12. The maximum absolute atomic E-state index is 14.2. The van der Waals surface area contributed by atoms with Crippen LogP contribution in [-0.4, -0.2) is 13.1 Å². The van der Waals surface area contributed by atoms with E-state index in [4.69, 9.17) is 9.15 Å². The van der Waals surface area contributed by atoms with Crippen LogP contribution in [0.4, 0.5) is 4.39 Å². The van der Waals surface area contributed by atoms with Gasteiger partial charge in [0.1, 0.15) is 17.2 Å². The predicted octanol–water partition coefficient (Wildman–Crippen LogP) is 4.19. The van der Waals surface area contributed by atoms with Gasteiger partial charge in [0.15, 0.2) is 0 Å². The molecule has 0 aliphatic rings. The monoisotopic (exact) mass is 354 g/mol. The summed E-state index contributed by atoms with van der Waals surface area (Å²) in [6.45, 7) is 3.58. The van der Waals surface area contributed by atoms with Crippen LogP contribution in [0.1, 0.15) is 23.8 Å². The van der Waals surface area contributed by atoms with Crippen LogP contribution in [0.5, 0.6) is 0 Å². The van der Waals surface area contributed by atoms with Crippen molar-refractivity contribution in [3.8, 4) is 11.1 Å². The summed E-state index contributed by atoms with van der Waals surface area (Å²) >= 11 is 0. The Morgan fingerprint density at radius 2 is 1.92 bits per heavy atom. The van der Waals surface area contributed by atoms with Crippen molar-refractivity contribution in [2.24, 2.45) is 0 Å². The van der Waals surface area contributed by atoms with Crippen LogP contribution in [0, 0.1) is 12.7 Å². The average Bonchev–Trinajstić information content (AvgIpc) is 2.62. The van der Waals surface area contributed by atoms with Gasteiger partial charge in [-0.15, -0.1) is 0 Å². The van der Waals surface area contributed by atoms with Crippen LogP contribution < -0.4 is 5.43 Å². The van der Waals surface area contributed by atoms with Crippen molar-refractivity contribution in [2.75, 3.05) is 7.11 Å². The van der Waals surface area contributed by atoms with Gasteiger partial charge in [0.05, 0.1) is 24.5 Å². The third-order valence-electron chi connectivity index (χ3n) is 4.48. The molecular formula is C21H19FO4. The van der Waals surface area contributed by atoms with E-state index >= 15 is 0 Å². The number of aryl methyl sites for hydroxylation is 2. The second-order valence-electron chi connectivity index (χ2n) is 6.07. The van der Waals surface area contributed by atoms with Gasteiger partial charge in [-0.3, -0.25) is 9.59 Å². The molecule has 0 aliphatic heterocycles. The molecule has 0 saturated heterocycles. The van der Waals surface area contributed by atoms with Gasteiger partial charge in [-0.25, -0.2) is 4.39 Å². The van der Waals surface area contributed by atoms with Crippen molar-refractivity contribution in [1.82, 2.24) is 0 Å². The molecule has 0 saturated carbocycles. The van der Waals surface area contributed by atoms with E-state index in [0.717, 1.165) is 11.1 Å². The van der Waals surface area contributed by atoms with Crippen molar-refractivity contribution >= 4 is 16.9 Å². The molecule has 0 amide bonds. The first kappa shape index (κ1) is 17.9. The second-order valence-corrected chi connectivity index (χ2v) is 6.07. The number of esters is 1. The van der Waals surface area contributed by atoms with Gasteiger partial charge >= 0.3 is 5.97 Å². The van der Waals surface area contributed by atoms with E-state index in [0.29, 0.717) is 23.2 Å². The van der Waals surface area contributed by atoms with Crippen LogP contribution in [-0.2, 0) is 22.4 Å². The molecule has 1 aromatic heterocycles. The number of fused-ring (bicyclic) bond motifs is 1. The lowest BCUT2D eigenvalue weighted by Gasteiger charge is -2.12. The van der Waals surface area contributed by atoms with Gasteiger partial charge in [0, 0.05) is 5.56 Å². The number of methoxy groups -OCH3 is 1. The normalized spacial score (nSPS) is 10.9. The zero-order chi connectivity index (χ0) is 18.8. The fourth-order valence-corrected chi connectivity index (χ4v) is 3.14. The van der Waals surface area contributed by atoms with E-state index in [2.05, 4.69) is 0 Å². The van der Waals surface area contributed by atoms with Crippen LogP contribution in [0.15, 0.2) is 45.6 Å². The molecule has 5 heteroatoms. The minimum atomic E-state index is -0.472. The largest absolute Gasteiger partial charge is 0.469 e. The minimum absolute atomic E-state index is 0.105. The third kappa shape index (κ3) is 3.12. The van der Waals surface area contributed by atoms with E-state index in [1.54, 1.807) is 37.3 Å². The summed E-state index contributed by atoms with van der Waals surface area (Å²) in [4.78, 5) is 24.7. The van der Waals surface area contributed by atoms with Crippen LogP contribution in [0.3, 0.4) is 0 Å². The summed E-state index contributed by atoms with van der Waals surface area (Å²) in [6.07, 6.45) is 0.748. The predicted molar refractivity (Wildman–Crippen MR) is 97.7 cm³/mol. The van der Waals surface area contributed by atoms with E-state index in [-0.39, 0.29) is 28.9 Å². The molecule has 3 aromatic rings. The molecule has 26 heavy (non-hydrogen) atoms.